The zero-order chi connectivity index (χ0) is 25.2. The number of ether oxygens (including phenoxy) is 2. The van der Waals surface area contributed by atoms with Gasteiger partial charge >= 0.3 is 0 Å². The second-order valence-corrected chi connectivity index (χ2v) is 9.67. The van der Waals surface area contributed by atoms with Crippen LogP contribution in [0.3, 0.4) is 0 Å². The van der Waals surface area contributed by atoms with Crippen molar-refractivity contribution in [1.82, 2.24) is 14.8 Å². The highest BCUT2D eigenvalue weighted by atomic mass is 19.1. The lowest BCUT2D eigenvalue weighted by atomic mass is 9.98. The van der Waals surface area contributed by atoms with Crippen molar-refractivity contribution in [1.29, 1.82) is 0 Å². The van der Waals surface area contributed by atoms with Crippen molar-refractivity contribution in [3.05, 3.63) is 95.3 Å². The lowest BCUT2D eigenvalue weighted by Gasteiger charge is -2.35. The van der Waals surface area contributed by atoms with Crippen molar-refractivity contribution < 1.29 is 18.7 Å². The van der Waals surface area contributed by atoms with Gasteiger partial charge in [0.1, 0.15) is 5.82 Å². The Balaban J connectivity index is 1.16. The molecular weight excluding hydrogens is 471 g/mol. The first-order valence-electron chi connectivity index (χ1n) is 12.7. The zero-order valence-electron chi connectivity index (χ0n) is 20.6. The van der Waals surface area contributed by atoms with Crippen molar-refractivity contribution in [2.45, 2.75) is 19.0 Å². The quantitative estimate of drug-likeness (QED) is 0.511. The van der Waals surface area contributed by atoms with E-state index in [0.29, 0.717) is 35.7 Å². The fourth-order valence-corrected chi connectivity index (χ4v) is 5.17. The molecule has 0 N–H and O–H groups in total. The Morgan fingerprint density at radius 3 is 2.49 bits per heavy atom. The lowest BCUT2D eigenvalue weighted by Crippen LogP contribution is -2.49. The second-order valence-electron chi connectivity index (χ2n) is 9.67. The van der Waals surface area contributed by atoms with Gasteiger partial charge in [-0.25, -0.2) is 9.40 Å². The van der Waals surface area contributed by atoms with Crippen molar-refractivity contribution in [2.24, 2.45) is 5.10 Å². The zero-order valence-corrected chi connectivity index (χ0v) is 20.6. The molecule has 1 fully saturated rings. The van der Waals surface area contributed by atoms with E-state index in [9.17, 15) is 9.18 Å². The topological polar surface area (TPSA) is 57.6 Å². The van der Waals surface area contributed by atoms with Gasteiger partial charge in [-0.05, 0) is 35.4 Å². The maximum Gasteiger partial charge on any atom is 0.257 e. The molecule has 190 valence electrons. The number of piperazine rings is 1. The smallest absolute Gasteiger partial charge is 0.257 e. The predicted octanol–water partition coefficient (Wildman–Crippen LogP) is 4.05. The van der Waals surface area contributed by atoms with Crippen LogP contribution in [0.4, 0.5) is 4.39 Å². The first kappa shape index (κ1) is 23.6. The molecule has 3 aromatic rings. The molecule has 3 aliphatic rings. The molecule has 1 saturated heterocycles. The van der Waals surface area contributed by atoms with Gasteiger partial charge in [-0.3, -0.25) is 14.6 Å². The van der Waals surface area contributed by atoms with E-state index < -0.39 is 0 Å². The summed E-state index contributed by atoms with van der Waals surface area (Å²) in [7, 11) is 0. The Bertz CT molecular complexity index is 1310. The number of halogens is 1. The van der Waals surface area contributed by atoms with Crippen LogP contribution in [-0.4, -0.2) is 65.9 Å². The Labute approximate surface area is 215 Å². The Kier molecular flexibility index (Phi) is 6.59. The highest BCUT2D eigenvalue weighted by Gasteiger charge is 2.35. The van der Waals surface area contributed by atoms with E-state index in [4.69, 9.17) is 14.6 Å². The number of hydrogen-bond acceptors (Lipinski definition) is 6. The monoisotopic (exact) mass is 500 g/mol. The molecule has 0 saturated carbocycles. The first-order valence-corrected chi connectivity index (χ1v) is 12.7. The van der Waals surface area contributed by atoms with Gasteiger partial charge < -0.3 is 9.47 Å². The van der Waals surface area contributed by atoms with E-state index in [-0.39, 0.29) is 24.6 Å². The van der Waals surface area contributed by atoms with Gasteiger partial charge in [0, 0.05) is 44.7 Å². The summed E-state index contributed by atoms with van der Waals surface area (Å²) in [6.07, 6.45) is 0.500. The summed E-state index contributed by atoms with van der Waals surface area (Å²) in [5.74, 6) is 0.974. The Morgan fingerprint density at radius 2 is 1.68 bits per heavy atom. The first-order chi connectivity index (χ1) is 18.1. The van der Waals surface area contributed by atoms with Crippen molar-refractivity contribution in [3.8, 4) is 11.5 Å². The number of benzene rings is 3. The minimum absolute atomic E-state index is 0.0643. The molecule has 3 aromatic carbocycles. The highest BCUT2D eigenvalue weighted by molar-refractivity contribution is 6.03. The van der Waals surface area contributed by atoms with Crippen LogP contribution >= 0.6 is 0 Å². The number of rotatable bonds is 6. The molecule has 8 heteroatoms. The molecule has 3 heterocycles. The summed E-state index contributed by atoms with van der Waals surface area (Å²) in [6, 6.07) is 22.3. The second kappa shape index (κ2) is 10.3. The normalized spacial score (nSPS) is 19.8. The molecule has 6 rings (SSSR count). The van der Waals surface area contributed by atoms with Gasteiger partial charge in [-0.1, -0.05) is 48.5 Å². The maximum absolute atomic E-state index is 13.9. The summed E-state index contributed by atoms with van der Waals surface area (Å²) < 4.78 is 25.0. The molecule has 7 nitrogen and oxygen atoms in total. The fraction of sp³-hybridized carbons (Fsp3) is 0.310. The molecule has 1 amide bonds. The summed E-state index contributed by atoms with van der Waals surface area (Å²) in [5, 5.41) is 6.29. The largest absolute Gasteiger partial charge is 0.454 e. The molecule has 0 bridgehead atoms. The maximum atomic E-state index is 13.9. The van der Waals surface area contributed by atoms with E-state index >= 15 is 0 Å². The minimum atomic E-state index is -0.321. The average Bonchev–Trinajstić information content (AvgIpc) is 3.58. The number of fused-ring (bicyclic) bond motifs is 1. The minimum Gasteiger partial charge on any atom is -0.454 e. The van der Waals surface area contributed by atoms with Crippen LogP contribution < -0.4 is 9.47 Å². The lowest BCUT2D eigenvalue weighted by molar-refractivity contribution is -0.134. The number of carbonyl (C=O) groups excluding carboxylic acids is 1. The van der Waals surface area contributed by atoms with Crippen molar-refractivity contribution >= 4 is 11.6 Å². The van der Waals surface area contributed by atoms with E-state index in [2.05, 4.69) is 34.1 Å². The van der Waals surface area contributed by atoms with E-state index in [1.165, 1.54) is 17.7 Å². The van der Waals surface area contributed by atoms with Crippen LogP contribution in [-0.2, 0) is 11.3 Å². The van der Waals surface area contributed by atoms with Gasteiger partial charge in [0.2, 0.25) is 6.79 Å². The molecular formula is C29H29FN4O3. The third-order valence-electron chi connectivity index (χ3n) is 7.18. The summed E-state index contributed by atoms with van der Waals surface area (Å²) in [6.45, 7) is 4.86. The molecule has 0 unspecified atom stereocenters. The third-order valence-corrected chi connectivity index (χ3v) is 7.18. The van der Waals surface area contributed by atoms with Crippen LogP contribution in [0.1, 0.15) is 29.2 Å². The molecule has 0 radical (unpaired) electrons. The van der Waals surface area contributed by atoms with E-state index in [1.807, 2.05) is 30.3 Å². The molecule has 0 aromatic heterocycles. The number of carbonyl (C=O) groups is 1. The van der Waals surface area contributed by atoms with E-state index in [1.54, 1.807) is 11.1 Å². The van der Waals surface area contributed by atoms with Gasteiger partial charge in [-0.2, -0.15) is 5.10 Å². The van der Waals surface area contributed by atoms with Crippen LogP contribution in [0, 0.1) is 5.82 Å². The molecule has 37 heavy (non-hydrogen) atoms. The highest BCUT2D eigenvalue weighted by Crippen LogP contribution is 2.39. The van der Waals surface area contributed by atoms with Gasteiger partial charge in [0.15, 0.2) is 11.5 Å². The van der Waals surface area contributed by atoms with Crippen LogP contribution in [0.5, 0.6) is 11.5 Å². The van der Waals surface area contributed by atoms with Gasteiger partial charge in [-0.15, -0.1) is 0 Å². The van der Waals surface area contributed by atoms with Gasteiger partial charge in [0.25, 0.3) is 5.91 Å². The number of amides is 1. The van der Waals surface area contributed by atoms with Crippen LogP contribution in [0.25, 0.3) is 0 Å². The third kappa shape index (κ3) is 5.21. The van der Waals surface area contributed by atoms with Crippen LogP contribution in [0.2, 0.25) is 0 Å². The molecule has 0 spiro atoms. The van der Waals surface area contributed by atoms with E-state index in [0.717, 1.165) is 38.3 Å². The van der Waals surface area contributed by atoms with Gasteiger partial charge in [0.05, 0.1) is 18.3 Å². The number of hydrazone groups is 1. The molecule has 3 aliphatic heterocycles. The molecule has 0 aliphatic carbocycles. The van der Waals surface area contributed by atoms with Crippen molar-refractivity contribution in [3.63, 3.8) is 0 Å². The summed E-state index contributed by atoms with van der Waals surface area (Å²) in [5.41, 5.74) is 3.61. The number of nitrogens with zero attached hydrogens (tertiary/aromatic N) is 4. The number of hydrogen-bond donors (Lipinski definition) is 0. The van der Waals surface area contributed by atoms with Crippen molar-refractivity contribution in [2.75, 3.05) is 39.5 Å². The fourth-order valence-electron chi connectivity index (χ4n) is 5.17. The predicted molar refractivity (Wildman–Crippen MR) is 138 cm³/mol. The Hall–Kier alpha value is -3.75. The average molecular weight is 501 g/mol. The summed E-state index contributed by atoms with van der Waals surface area (Å²) in [4.78, 5) is 18.2. The molecule has 1 atom stereocenters. The summed E-state index contributed by atoms with van der Waals surface area (Å²) >= 11 is 0. The Morgan fingerprint density at radius 1 is 0.892 bits per heavy atom. The SMILES string of the molecule is O=C(CN1CCN(Cc2ccccc2)CC1)N1N=C(c2cccc(F)c2)C[C@H]1c1ccc2c(c1)OCO2. The van der Waals surface area contributed by atoms with Crippen LogP contribution in [0.15, 0.2) is 77.9 Å². The standard InChI is InChI=1S/C29H29FN4O3/c30-24-8-4-7-22(15-24)25-17-26(23-9-10-27-28(16-23)37-20-36-27)34(31-25)29(35)19-33-13-11-32(12-14-33)18-21-5-2-1-3-6-21/h1-10,15-16,26H,11-14,17-20H2/t26-/m0/s1.